The third-order valence-electron chi connectivity index (χ3n) is 5.55. The van der Waals surface area contributed by atoms with E-state index in [1.54, 1.807) is 13.8 Å². The molecule has 0 fully saturated rings. The normalized spacial score (nSPS) is 13.9. The molecule has 0 radical (unpaired) electrons. The molecule has 1 aromatic rings. The third kappa shape index (κ3) is 15.5. The number of carboxylic acids is 1. The summed E-state index contributed by atoms with van der Waals surface area (Å²) in [5.41, 5.74) is -0.169. The van der Waals surface area contributed by atoms with Crippen LogP contribution in [0.3, 0.4) is 0 Å². The van der Waals surface area contributed by atoms with Crippen LogP contribution in [-0.4, -0.2) is 67.6 Å². The van der Waals surface area contributed by atoms with Crippen molar-refractivity contribution < 1.29 is 52.7 Å². The van der Waals surface area contributed by atoms with Crippen LogP contribution in [-0.2, 0) is 30.2 Å². The van der Waals surface area contributed by atoms with Gasteiger partial charge < -0.3 is 38.8 Å². The molecule has 3 atom stereocenters. The van der Waals surface area contributed by atoms with Crippen molar-refractivity contribution in [3.8, 4) is 11.5 Å². The van der Waals surface area contributed by atoms with Crippen LogP contribution in [0.2, 0.25) is 0 Å². The largest absolute Gasteiger partial charge is 0.513 e. The quantitative estimate of drug-likeness (QED) is 0.156. The van der Waals surface area contributed by atoms with Crippen molar-refractivity contribution in [2.45, 2.75) is 93.9 Å². The summed E-state index contributed by atoms with van der Waals surface area (Å²) in [6.45, 7) is 18.6. The number of carbonyl (C=O) groups excluding carboxylic acids is 3. The lowest BCUT2D eigenvalue weighted by Crippen LogP contribution is -2.43. The summed E-state index contributed by atoms with van der Waals surface area (Å²) in [5.74, 6) is -1.30. The predicted molar refractivity (Wildman–Crippen MR) is 154 cm³/mol. The molecule has 0 aliphatic rings. The molecule has 12 heteroatoms. The van der Waals surface area contributed by atoms with Gasteiger partial charge in [-0.3, -0.25) is 4.79 Å². The first-order chi connectivity index (χ1) is 19.3. The van der Waals surface area contributed by atoms with Gasteiger partial charge >= 0.3 is 24.4 Å². The monoisotopic (exact) mass is 597 g/mol. The van der Waals surface area contributed by atoms with E-state index in [0.717, 1.165) is 0 Å². The molecule has 0 saturated heterocycles. The topological polar surface area (TPSA) is 156 Å². The third-order valence-corrected chi connectivity index (χ3v) is 5.55. The minimum atomic E-state index is -1.16. The first-order valence-corrected chi connectivity index (χ1v) is 13.9. The van der Waals surface area contributed by atoms with Crippen LogP contribution in [0.15, 0.2) is 18.2 Å². The van der Waals surface area contributed by atoms with Crippen LogP contribution < -0.4 is 14.8 Å². The highest BCUT2D eigenvalue weighted by atomic mass is 16.7. The Bertz CT molecular complexity index is 1060. The Kier molecular flexibility index (Phi) is 14.1. The van der Waals surface area contributed by atoms with Crippen LogP contribution in [0.25, 0.3) is 0 Å². The van der Waals surface area contributed by atoms with E-state index in [1.807, 2.05) is 55.4 Å². The number of benzene rings is 1. The van der Waals surface area contributed by atoms with Crippen molar-refractivity contribution in [3.05, 3.63) is 23.8 Å². The van der Waals surface area contributed by atoms with Gasteiger partial charge in [-0.25, -0.2) is 14.4 Å². The van der Waals surface area contributed by atoms with E-state index in [1.165, 1.54) is 18.2 Å². The second-order valence-electron chi connectivity index (χ2n) is 12.9. The fourth-order valence-electron chi connectivity index (χ4n) is 2.95. The van der Waals surface area contributed by atoms with E-state index >= 15 is 0 Å². The number of nitrogens with one attached hydrogen (secondary N) is 1. The molecule has 1 rings (SSSR count). The summed E-state index contributed by atoms with van der Waals surface area (Å²) >= 11 is 0. The number of aliphatic carboxylic acids is 1. The molecule has 0 amide bonds. The maximum atomic E-state index is 12.4. The maximum absolute atomic E-state index is 12.4. The van der Waals surface area contributed by atoms with Crippen molar-refractivity contribution in [1.29, 1.82) is 0 Å². The predicted octanol–water partition coefficient (Wildman–Crippen LogP) is 5.98. The average Bonchev–Trinajstić information content (AvgIpc) is 2.84. The van der Waals surface area contributed by atoms with E-state index in [4.69, 9.17) is 28.4 Å². The van der Waals surface area contributed by atoms with Crippen LogP contribution >= 0.6 is 0 Å². The summed E-state index contributed by atoms with van der Waals surface area (Å²) in [7, 11) is 0. The fourth-order valence-corrected chi connectivity index (χ4v) is 2.95. The van der Waals surface area contributed by atoms with Gasteiger partial charge in [-0.05, 0) is 54.7 Å². The molecule has 0 saturated carbocycles. The molecule has 0 bridgehead atoms. The average molecular weight is 598 g/mol. The molecule has 0 aromatic heterocycles. The standard InChI is InChI=1S/C30H47NO11/c1-18(2)20(4)40-28(36)39-19(3)15-31-22(25(32)33)13-21-11-12-23(41-26(34)37-16-29(5,6)7)24(14-21)42-27(35)38-17-30(8,9)10/h11-12,14,18-20,22,31H,13,15-17H2,1-10H3,(H,32,33)/t19?,20?,22-/m0/s1. The van der Waals surface area contributed by atoms with Crippen molar-refractivity contribution in [2.75, 3.05) is 19.8 Å². The molecule has 2 unspecified atom stereocenters. The van der Waals surface area contributed by atoms with Crippen molar-refractivity contribution >= 4 is 24.4 Å². The van der Waals surface area contributed by atoms with Gasteiger partial charge in [0.2, 0.25) is 0 Å². The van der Waals surface area contributed by atoms with E-state index in [0.29, 0.717) is 5.56 Å². The number of rotatable bonds is 13. The molecule has 42 heavy (non-hydrogen) atoms. The molecule has 12 nitrogen and oxygen atoms in total. The zero-order valence-corrected chi connectivity index (χ0v) is 26.4. The van der Waals surface area contributed by atoms with E-state index in [2.05, 4.69) is 5.32 Å². The summed E-state index contributed by atoms with van der Waals surface area (Å²) < 4.78 is 31.3. The van der Waals surface area contributed by atoms with Gasteiger partial charge in [0.25, 0.3) is 0 Å². The lowest BCUT2D eigenvalue weighted by Gasteiger charge is -2.21. The molecule has 0 heterocycles. The number of hydrogen-bond acceptors (Lipinski definition) is 11. The lowest BCUT2D eigenvalue weighted by molar-refractivity contribution is -0.139. The zero-order chi connectivity index (χ0) is 32.3. The molecule has 0 spiro atoms. The Morgan fingerprint density at radius 1 is 0.786 bits per heavy atom. The van der Waals surface area contributed by atoms with Gasteiger partial charge in [0.15, 0.2) is 11.5 Å². The highest BCUT2D eigenvalue weighted by molar-refractivity contribution is 5.74. The van der Waals surface area contributed by atoms with E-state index < -0.39 is 36.6 Å². The minimum absolute atomic E-state index is 0.0332. The zero-order valence-electron chi connectivity index (χ0n) is 26.4. The first kappa shape index (κ1) is 36.5. The van der Waals surface area contributed by atoms with Crippen molar-refractivity contribution in [3.63, 3.8) is 0 Å². The highest BCUT2D eigenvalue weighted by Crippen LogP contribution is 2.30. The Morgan fingerprint density at radius 2 is 1.31 bits per heavy atom. The van der Waals surface area contributed by atoms with Crippen molar-refractivity contribution in [2.24, 2.45) is 16.7 Å². The second kappa shape index (κ2) is 16.2. The highest BCUT2D eigenvalue weighted by Gasteiger charge is 2.24. The van der Waals surface area contributed by atoms with Gasteiger partial charge in [-0.15, -0.1) is 0 Å². The number of hydrogen-bond donors (Lipinski definition) is 2. The summed E-state index contributed by atoms with van der Waals surface area (Å²) in [6, 6.07) is 3.19. The number of ether oxygens (including phenoxy) is 6. The van der Waals surface area contributed by atoms with Crippen LogP contribution in [0.5, 0.6) is 11.5 Å². The SMILES string of the molecule is CC(CN[C@@H](Cc1ccc(OC(=O)OCC(C)(C)C)c(OC(=O)OCC(C)(C)C)c1)C(=O)O)OC(=O)OC(C)C(C)C. The molecule has 0 aliphatic carbocycles. The van der Waals surface area contributed by atoms with Gasteiger partial charge in [0, 0.05) is 6.54 Å². The minimum Gasteiger partial charge on any atom is -0.480 e. The summed E-state index contributed by atoms with van der Waals surface area (Å²) in [5, 5.41) is 12.6. The van der Waals surface area contributed by atoms with Crippen LogP contribution in [0.4, 0.5) is 14.4 Å². The van der Waals surface area contributed by atoms with Crippen LogP contribution in [0.1, 0.15) is 74.8 Å². The molecule has 238 valence electrons. The number of carboxylic acid groups (broad SMARTS) is 1. The van der Waals surface area contributed by atoms with Gasteiger partial charge in [0.1, 0.15) is 18.2 Å². The summed E-state index contributed by atoms with van der Waals surface area (Å²) in [4.78, 5) is 48.6. The van der Waals surface area contributed by atoms with Gasteiger partial charge in [0.05, 0.1) is 13.2 Å². The van der Waals surface area contributed by atoms with Crippen LogP contribution in [0, 0.1) is 16.7 Å². The van der Waals surface area contributed by atoms with Crippen molar-refractivity contribution in [1.82, 2.24) is 5.32 Å². The fraction of sp³-hybridized carbons (Fsp3) is 0.667. The lowest BCUT2D eigenvalue weighted by atomic mass is 9.99. The molecular formula is C30H47NO11. The molecular weight excluding hydrogens is 550 g/mol. The Balaban J connectivity index is 3.01. The van der Waals surface area contributed by atoms with Gasteiger partial charge in [-0.2, -0.15) is 0 Å². The smallest absolute Gasteiger partial charge is 0.480 e. The molecule has 0 aliphatic heterocycles. The Morgan fingerprint density at radius 3 is 1.79 bits per heavy atom. The molecule has 1 aromatic carbocycles. The summed E-state index contributed by atoms with van der Waals surface area (Å²) in [6.07, 6.45) is -3.91. The van der Waals surface area contributed by atoms with E-state index in [9.17, 15) is 24.3 Å². The Labute approximate surface area is 248 Å². The second-order valence-corrected chi connectivity index (χ2v) is 12.9. The number of carbonyl (C=O) groups is 4. The Hall–Kier alpha value is -3.54. The maximum Gasteiger partial charge on any atom is 0.513 e. The molecule has 2 N–H and O–H groups in total. The first-order valence-electron chi connectivity index (χ1n) is 13.9. The van der Waals surface area contributed by atoms with Gasteiger partial charge in [-0.1, -0.05) is 61.5 Å². The van der Waals surface area contributed by atoms with E-state index in [-0.39, 0.29) is 60.5 Å².